The van der Waals surface area contributed by atoms with E-state index in [1.807, 2.05) is 6.92 Å². The van der Waals surface area contributed by atoms with E-state index in [0.29, 0.717) is 0 Å². The number of oxazole rings is 1. The van der Waals surface area contributed by atoms with Gasteiger partial charge in [0.2, 0.25) is 0 Å². The lowest BCUT2D eigenvalue weighted by molar-refractivity contribution is 0.368. The van der Waals surface area contributed by atoms with Gasteiger partial charge in [-0.2, -0.15) is 0 Å². The van der Waals surface area contributed by atoms with E-state index in [2.05, 4.69) is 17.2 Å². The van der Waals surface area contributed by atoms with E-state index in [1.165, 1.54) is 18.5 Å². The Bertz CT molecular complexity index is 313. The molecule has 0 aromatic carbocycles. The molecule has 1 N–H and O–H groups in total. The van der Waals surface area contributed by atoms with E-state index in [0.717, 1.165) is 43.5 Å². The van der Waals surface area contributed by atoms with Gasteiger partial charge in [0.25, 0.3) is 0 Å². The highest BCUT2D eigenvalue weighted by atomic mass is 16.4. The van der Waals surface area contributed by atoms with Gasteiger partial charge in [-0.1, -0.05) is 6.92 Å². The van der Waals surface area contributed by atoms with Gasteiger partial charge in [0, 0.05) is 6.42 Å². The number of piperidine rings is 1. The van der Waals surface area contributed by atoms with Crippen LogP contribution in [-0.4, -0.2) is 18.1 Å². The van der Waals surface area contributed by atoms with Crippen molar-refractivity contribution in [1.82, 2.24) is 10.3 Å². The second-order valence-electron chi connectivity index (χ2n) is 4.36. The van der Waals surface area contributed by atoms with E-state index >= 15 is 0 Å². The van der Waals surface area contributed by atoms with E-state index < -0.39 is 0 Å². The molecule has 0 unspecified atom stereocenters. The summed E-state index contributed by atoms with van der Waals surface area (Å²) in [4.78, 5) is 4.54. The fourth-order valence-electron chi connectivity index (χ4n) is 2.19. The van der Waals surface area contributed by atoms with Gasteiger partial charge in [0.1, 0.15) is 5.76 Å². The summed E-state index contributed by atoms with van der Waals surface area (Å²) in [5.74, 6) is 2.70. The summed E-state index contributed by atoms with van der Waals surface area (Å²) >= 11 is 0. The minimum atomic E-state index is 0.791. The topological polar surface area (TPSA) is 38.1 Å². The summed E-state index contributed by atoms with van der Waals surface area (Å²) < 4.78 is 5.58. The number of aryl methyl sites for hydroxylation is 2. The molecule has 0 bridgehead atoms. The summed E-state index contributed by atoms with van der Waals surface area (Å²) in [7, 11) is 0. The number of rotatable bonds is 3. The van der Waals surface area contributed by atoms with Crippen molar-refractivity contribution in [2.24, 2.45) is 5.92 Å². The lowest BCUT2D eigenvalue weighted by atomic mass is 9.93. The Labute approximate surface area is 91.3 Å². The van der Waals surface area contributed by atoms with Gasteiger partial charge in [0.15, 0.2) is 5.89 Å². The lowest BCUT2D eigenvalue weighted by Gasteiger charge is -2.21. The molecule has 2 rings (SSSR count). The number of hydrogen-bond acceptors (Lipinski definition) is 3. The number of nitrogens with zero attached hydrogens (tertiary/aromatic N) is 1. The molecule has 3 heteroatoms. The first-order chi connectivity index (χ1) is 7.29. The largest absolute Gasteiger partial charge is 0.446 e. The number of hydrogen-bond donors (Lipinski definition) is 1. The highest BCUT2D eigenvalue weighted by Gasteiger charge is 2.17. The first-order valence-electron chi connectivity index (χ1n) is 5.95. The third kappa shape index (κ3) is 2.59. The molecular formula is C12H20N2O. The van der Waals surface area contributed by atoms with Crippen molar-refractivity contribution in [3.8, 4) is 0 Å². The first kappa shape index (κ1) is 10.7. The molecule has 15 heavy (non-hydrogen) atoms. The van der Waals surface area contributed by atoms with Crippen LogP contribution in [0.5, 0.6) is 0 Å². The van der Waals surface area contributed by atoms with Crippen molar-refractivity contribution in [2.45, 2.75) is 39.5 Å². The maximum Gasteiger partial charge on any atom is 0.194 e. The summed E-state index contributed by atoms with van der Waals surface area (Å²) in [6.45, 7) is 6.42. The Kier molecular flexibility index (Phi) is 3.41. The molecule has 1 fully saturated rings. The van der Waals surface area contributed by atoms with Crippen LogP contribution in [0, 0.1) is 12.8 Å². The average Bonchev–Trinajstić information content (AvgIpc) is 2.61. The van der Waals surface area contributed by atoms with E-state index in [4.69, 9.17) is 4.42 Å². The molecule has 1 aromatic heterocycles. The molecule has 0 amide bonds. The van der Waals surface area contributed by atoms with Crippen LogP contribution >= 0.6 is 0 Å². The second kappa shape index (κ2) is 4.79. The molecule has 0 aliphatic carbocycles. The molecule has 2 heterocycles. The minimum Gasteiger partial charge on any atom is -0.446 e. The van der Waals surface area contributed by atoms with Crippen molar-refractivity contribution in [3.63, 3.8) is 0 Å². The smallest absolute Gasteiger partial charge is 0.194 e. The van der Waals surface area contributed by atoms with E-state index in [1.54, 1.807) is 0 Å². The maximum absolute atomic E-state index is 5.58. The Morgan fingerprint density at radius 3 is 2.73 bits per heavy atom. The zero-order valence-corrected chi connectivity index (χ0v) is 9.68. The van der Waals surface area contributed by atoms with Crippen molar-refractivity contribution < 1.29 is 4.42 Å². The van der Waals surface area contributed by atoms with Crippen LogP contribution in [0.1, 0.15) is 37.1 Å². The molecule has 1 saturated heterocycles. The Hall–Kier alpha value is -0.830. The van der Waals surface area contributed by atoms with Crippen molar-refractivity contribution in [2.75, 3.05) is 13.1 Å². The third-order valence-corrected chi connectivity index (χ3v) is 3.18. The normalized spacial score (nSPS) is 18.3. The highest BCUT2D eigenvalue weighted by molar-refractivity contribution is 5.09. The molecule has 0 atom stereocenters. The summed E-state index contributed by atoms with van der Waals surface area (Å²) in [5, 5.41) is 3.39. The quantitative estimate of drug-likeness (QED) is 0.826. The SMILES string of the molecule is CCc1nc(CC2CCNCC2)c(C)o1. The van der Waals surface area contributed by atoms with Gasteiger partial charge in [-0.05, 0) is 45.2 Å². The Morgan fingerprint density at radius 1 is 1.40 bits per heavy atom. The number of nitrogens with one attached hydrogen (secondary N) is 1. The molecule has 0 spiro atoms. The van der Waals surface area contributed by atoms with Crippen molar-refractivity contribution in [1.29, 1.82) is 0 Å². The Morgan fingerprint density at radius 2 is 2.13 bits per heavy atom. The van der Waals surface area contributed by atoms with Gasteiger partial charge >= 0.3 is 0 Å². The summed E-state index contributed by atoms with van der Waals surface area (Å²) in [6.07, 6.45) is 4.53. The first-order valence-corrected chi connectivity index (χ1v) is 5.95. The van der Waals surface area contributed by atoms with Gasteiger partial charge in [0.05, 0.1) is 5.69 Å². The predicted octanol–water partition coefficient (Wildman–Crippen LogP) is 2.09. The molecule has 3 nitrogen and oxygen atoms in total. The predicted molar refractivity (Wildman–Crippen MR) is 59.9 cm³/mol. The van der Waals surface area contributed by atoms with Gasteiger partial charge < -0.3 is 9.73 Å². The summed E-state index contributed by atoms with van der Waals surface area (Å²) in [6, 6.07) is 0. The summed E-state index contributed by atoms with van der Waals surface area (Å²) in [5.41, 5.74) is 1.18. The lowest BCUT2D eigenvalue weighted by Crippen LogP contribution is -2.28. The van der Waals surface area contributed by atoms with Crippen LogP contribution < -0.4 is 5.32 Å². The zero-order valence-electron chi connectivity index (χ0n) is 9.68. The molecule has 84 valence electrons. The van der Waals surface area contributed by atoms with Crippen LogP contribution in [0.25, 0.3) is 0 Å². The zero-order chi connectivity index (χ0) is 10.7. The van der Waals surface area contributed by atoms with Crippen LogP contribution in [0.3, 0.4) is 0 Å². The third-order valence-electron chi connectivity index (χ3n) is 3.18. The van der Waals surface area contributed by atoms with Gasteiger partial charge in [-0.25, -0.2) is 4.98 Å². The Balaban J connectivity index is 1.99. The standard InChI is InChI=1S/C12H20N2O/c1-3-12-14-11(9(2)15-12)8-10-4-6-13-7-5-10/h10,13H,3-8H2,1-2H3. The average molecular weight is 208 g/mol. The van der Waals surface area contributed by atoms with Crippen LogP contribution in [0.4, 0.5) is 0 Å². The monoisotopic (exact) mass is 208 g/mol. The highest BCUT2D eigenvalue weighted by Crippen LogP contribution is 2.20. The molecule has 1 aliphatic heterocycles. The fourth-order valence-corrected chi connectivity index (χ4v) is 2.19. The van der Waals surface area contributed by atoms with Gasteiger partial charge in [-0.3, -0.25) is 0 Å². The molecule has 1 aliphatic rings. The maximum atomic E-state index is 5.58. The van der Waals surface area contributed by atoms with Gasteiger partial charge in [-0.15, -0.1) is 0 Å². The van der Waals surface area contributed by atoms with Crippen LogP contribution in [0.15, 0.2) is 4.42 Å². The van der Waals surface area contributed by atoms with Crippen LogP contribution in [-0.2, 0) is 12.8 Å². The fraction of sp³-hybridized carbons (Fsp3) is 0.750. The molecule has 0 radical (unpaired) electrons. The van der Waals surface area contributed by atoms with Crippen molar-refractivity contribution >= 4 is 0 Å². The van der Waals surface area contributed by atoms with Crippen molar-refractivity contribution in [3.05, 3.63) is 17.3 Å². The second-order valence-corrected chi connectivity index (χ2v) is 4.36. The molecule has 1 aromatic rings. The minimum absolute atomic E-state index is 0.791. The molecule has 0 saturated carbocycles. The van der Waals surface area contributed by atoms with Crippen LogP contribution in [0.2, 0.25) is 0 Å². The molecular weight excluding hydrogens is 188 g/mol. The van der Waals surface area contributed by atoms with E-state index in [-0.39, 0.29) is 0 Å². The number of aromatic nitrogens is 1. The van der Waals surface area contributed by atoms with E-state index in [9.17, 15) is 0 Å².